The second-order valence-corrected chi connectivity index (χ2v) is 6.36. The van der Waals surface area contributed by atoms with Crippen molar-refractivity contribution in [3.05, 3.63) is 0 Å². The Labute approximate surface area is 138 Å². The number of nitrogens with zero attached hydrogens (tertiary/aromatic N) is 2. The summed E-state index contributed by atoms with van der Waals surface area (Å²) < 4.78 is 0. The molecule has 0 bridgehead atoms. The first-order valence-corrected chi connectivity index (χ1v) is 8.28. The Morgan fingerprint density at radius 2 is 2.00 bits per heavy atom. The van der Waals surface area contributed by atoms with Crippen LogP contribution in [0.15, 0.2) is 4.99 Å². The number of guanidine groups is 1. The van der Waals surface area contributed by atoms with Crippen LogP contribution in [0.4, 0.5) is 0 Å². The summed E-state index contributed by atoms with van der Waals surface area (Å²) in [6.45, 7) is 5.68. The Morgan fingerprint density at radius 1 is 1.26 bits per heavy atom. The Hall–Kier alpha value is 0.310. The topological polar surface area (TPSA) is 39.7 Å². The minimum Gasteiger partial charge on any atom is -0.356 e. The molecule has 19 heavy (non-hydrogen) atoms. The molecule has 0 aromatic carbocycles. The molecule has 4 nitrogen and oxygen atoms in total. The standard InChI is InChI=1S/C13H26N4S.HI/c1-14-13(16-11-12-3-2-4-12)15-5-6-17-7-9-18-10-8-17;/h12H,2-11H2,1H3,(H2,14,15,16);1H. The van der Waals surface area contributed by atoms with E-state index in [1.807, 2.05) is 7.05 Å². The molecule has 2 aliphatic rings. The van der Waals surface area contributed by atoms with Crippen molar-refractivity contribution in [2.45, 2.75) is 19.3 Å². The van der Waals surface area contributed by atoms with Crippen LogP contribution in [0.5, 0.6) is 0 Å². The van der Waals surface area contributed by atoms with Gasteiger partial charge in [0.15, 0.2) is 5.96 Å². The van der Waals surface area contributed by atoms with E-state index in [4.69, 9.17) is 0 Å². The van der Waals surface area contributed by atoms with Crippen LogP contribution in [0.25, 0.3) is 0 Å². The molecule has 112 valence electrons. The molecule has 2 N–H and O–H groups in total. The molecular formula is C13H27IN4S. The van der Waals surface area contributed by atoms with E-state index in [9.17, 15) is 0 Å². The van der Waals surface area contributed by atoms with Crippen molar-refractivity contribution >= 4 is 41.7 Å². The fourth-order valence-corrected chi connectivity index (χ4v) is 3.29. The molecule has 0 atom stereocenters. The van der Waals surface area contributed by atoms with Crippen LogP contribution in [0, 0.1) is 5.92 Å². The van der Waals surface area contributed by atoms with E-state index in [1.165, 1.54) is 43.9 Å². The van der Waals surface area contributed by atoms with Crippen LogP contribution in [0.2, 0.25) is 0 Å². The van der Waals surface area contributed by atoms with Crippen molar-refractivity contribution in [1.29, 1.82) is 0 Å². The van der Waals surface area contributed by atoms with Crippen molar-refractivity contribution in [3.8, 4) is 0 Å². The van der Waals surface area contributed by atoms with Gasteiger partial charge >= 0.3 is 0 Å². The molecule has 0 radical (unpaired) electrons. The van der Waals surface area contributed by atoms with Gasteiger partial charge in [0, 0.05) is 51.3 Å². The molecular weight excluding hydrogens is 371 g/mol. The van der Waals surface area contributed by atoms with Crippen molar-refractivity contribution < 1.29 is 0 Å². The predicted octanol–water partition coefficient (Wildman–Crippen LogP) is 1.62. The first-order chi connectivity index (χ1) is 8.88. The first-order valence-electron chi connectivity index (χ1n) is 7.13. The predicted molar refractivity (Wildman–Crippen MR) is 95.9 cm³/mol. The van der Waals surface area contributed by atoms with Gasteiger partial charge in [-0.05, 0) is 18.8 Å². The summed E-state index contributed by atoms with van der Waals surface area (Å²) in [5.74, 6) is 4.42. The SMILES string of the molecule is CN=C(NCCN1CCSCC1)NCC1CCC1.I. The fourth-order valence-electron chi connectivity index (χ4n) is 2.32. The minimum atomic E-state index is 0. The van der Waals surface area contributed by atoms with Crippen LogP contribution in [-0.4, -0.2) is 62.1 Å². The van der Waals surface area contributed by atoms with E-state index in [2.05, 4.69) is 32.3 Å². The third kappa shape index (κ3) is 6.53. The fraction of sp³-hybridized carbons (Fsp3) is 0.923. The summed E-state index contributed by atoms with van der Waals surface area (Å²) in [4.78, 5) is 6.80. The molecule has 0 aromatic rings. The zero-order valence-corrected chi connectivity index (χ0v) is 15.0. The molecule has 1 aliphatic carbocycles. The summed E-state index contributed by atoms with van der Waals surface area (Å²) in [7, 11) is 1.85. The lowest BCUT2D eigenvalue weighted by Gasteiger charge is -2.28. The Morgan fingerprint density at radius 3 is 2.58 bits per heavy atom. The molecule has 0 amide bonds. The number of halogens is 1. The second-order valence-electron chi connectivity index (χ2n) is 5.13. The average Bonchev–Trinajstić information content (AvgIpc) is 2.36. The van der Waals surface area contributed by atoms with Gasteiger partial charge in [0.25, 0.3) is 0 Å². The molecule has 0 aromatic heterocycles. The monoisotopic (exact) mass is 398 g/mol. The molecule has 1 heterocycles. The third-order valence-electron chi connectivity index (χ3n) is 3.83. The Balaban J connectivity index is 0.00000180. The van der Waals surface area contributed by atoms with E-state index in [1.54, 1.807) is 0 Å². The number of nitrogens with one attached hydrogen (secondary N) is 2. The summed E-state index contributed by atoms with van der Waals surface area (Å²) in [5, 5.41) is 6.84. The zero-order chi connectivity index (χ0) is 12.6. The van der Waals surface area contributed by atoms with E-state index in [0.717, 1.165) is 31.5 Å². The maximum absolute atomic E-state index is 4.27. The molecule has 1 saturated carbocycles. The Bertz CT molecular complexity index is 265. The second kappa shape index (κ2) is 10.1. The largest absolute Gasteiger partial charge is 0.356 e. The van der Waals surface area contributed by atoms with E-state index in [0.29, 0.717) is 0 Å². The molecule has 1 aliphatic heterocycles. The number of rotatable bonds is 5. The van der Waals surface area contributed by atoms with Crippen LogP contribution < -0.4 is 10.6 Å². The van der Waals surface area contributed by atoms with Gasteiger partial charge in [-0.1, -0.05) is 6.42 Å². The van der Waals surface area contributed by atoms with E-state index in [-0.39, 0.29) is 24.0 Å². The van der Waals surface area contributed by atoms with Gasteiger partial charge in [-0.25, -0.2) is 0 Å². The van der Waals surface area contributed by atoms with Crippen LogP contribution in [0.1, 0.15) is 19.3 Å². The van der Waals surface area contributed by atoms with Crippen molar-refractivity contribution in [2.75, 3.05) is 51.3 Å². The van der Waals surface area contributed by atoms with Crippen molar-refractivity contribution in [2.24, 2.45) is 10.9 Å². The van der Waals surface area contributed by atoms with Crippen LogP contribution >= 0.6 is 35.7 Å². The molecule has 0 spiro atoms. The van der Waals surface area contributed by atoms with Crippen molar-refractivity contribution in [3.63, 3.8) is 0 Å². The smallest absolute Gasteiger partial charge is 0.191 e. The molecule has 0 unspecified atom stereocenters. The highest BCUT2D eigenvalue weighted by atomic mass is 127. The highest BCUT2D eigenvalue weighted by Gasteiger charge is 2.17. The first kappa shape index (κ1) is 17.4. The molecule has 2 fully saturated rings. The highest BCUT2D eigenvalue weighted by molar-refractivity contribution is 14.0. The van der Waals surface area contributed by atoms with Gasteiger partial charge in [-0.3, -0.25) is 9.89 Å². The molecule has 6 heteroatoms. The quantitative estimate of drug-likeness (QED) is 0.420. The number of aliphatic imine (C=N–C) groups is 1. The van der Waals surface area contributed by atoms with Crippen molar-refractivity contribution in [1.82, 2.24) is 15.5 Å². The third-order valence-corrected chi connectivity index (χ3v) is 4.77. The maximum atomic E-state index is 4.27. The lowest BCUT2D eigenvalue weighted by atomic mass is 9.85. The summed E-state index contributed by atoms with van der Waals surface area (Å²) in [6.07, 6.45) is 4.18. The summed E-state index contributed by atoms with van der Waals surface area (Å²) in [5.41, 5.74) is 0. The van der Waals surface area contributed by atoms with E-state index < -0.39 is 0 Å². The molecule has 2 rings (SSSR count). The zero-order valence-electron chi connectivity index (χ0n) is 11.9. The number of hydrogen-bond donors (Lipinski definition) is 2. The number of thioether (sulfide) groups is 1. The van der Waals surface area contributed by atoms with Gasteiger partial charge in [0.05, 0.1) is 0 Å². The van der Waals surface area contributed by atoms with E-state index >= 15 is 0 Å². The Kier molecular flexibility index (Phi) is 9.23. The normalized spacial score (nSPS) is 21.4. The minimum absolute atomic E-state index is 0. The van der Waals surface area contributed by atoms with Gasteiger partial charge in [0.2, 0.25) is 0 Å². The number of hydrogen-bond acceptors (Lipinski definition) is 3. The van der Waals surface area contributed by atoms with Crippen LogP contribution in [0.3, 0.4) is 0 Å². The lowest BCUT2D eigenvalue weighted by molar-refractivity contribution is 0.304. The molecule has 1 saturated heterocycles. The van der Waals surface area contributed by atoms with Gasteiger partial charge in [-0.15, -0.1) is 24.0 Å². The maximum Gasteiger partial charge on any atom is 0.191 e. The van der Waals surface area contributed by atoms with Gasteiger partial charge in [0.1, 0.15) is 0 Å². The summed E-state index contributed by atoms with van der Waals surface area (Å²) in [6, 6.07) is 0. The lowest BCUT2D eigenvalue weighted by Crippen LogP contribution is -2.45. The van der Waals surface area contributed by atoms with Crippen LogP contribution in [-0.2, 0) is 0 Å². The average molecular weight is 398 g/mol. The highest BCUT2D eigenvalue weighted by Crippen LogP contribution is 2.24. The van der Waals surface area contributed by atoms with Gasteiger partial charge < -0.3 is 10.6 Å². The summed E-state index contributed by atoms with van der Waals surface area (Å²) >= 11 is 2.07. The van der Waals surface area contributed by atoms with Gasteiger partial charge in [-0.2, -0.15) is 11.8 Å².